The molecule has 1 aromatic heterocycles. The molecular weight excluding hydrogens is 289 g/mol. The van der Waals surface area contributed by atoms with Crippen LogP contribution in [0.4, 0.5) is 10.5 Å². The largest absolute Gasteiger partial charge is 0.490 e. The van der Waals surface area contributed by atoms with Crippen LogP contribution in [-0.2, 0) is 9.53 Å². The summed E-state index contributed by atoms with van der Waals surface area (Å²) in [7, 11) is -1.65. The van der Waals surface area contributed by atoms with Gasteiger partial charge in [0, 0.05) is 24.6 Å². The van der Waals surface area contributed by atoms with E-state index in [0.29, 0.717) is 5.69 Å². The summed E-state index contributed by atoms with van der Waals surface area (Å²) in [6.07, 6.45) is 2.12. The lowest BCUT2D eigenvalue weighted by Crippen LogP contribution is -2.34. The topological polar surface area (TPSA) is 121 Å². The van der Waals surface area contributed by atoms with Crippen LogP contribution in [0.5, 0.6) is 0 Å². The summed E-state index contributed by atoms with van der Waals surface area (Å²) in [5, 5.41) is 23.0. The van der Waals surface area contributed by atoms with Gasteiger partial charge in [0.25, 0.3) is 0 Å². The Bertz CT molecular complexity index is 531. The minimum Gasteiger partial charge on any atom is -0.444 e. The Balaban J connectivity index is 2.38. The molecule has 1 aromatic rings. The molecule has 1 heterocycles. The van der Waals surface area contributed by atoms with E-state index < -0.39 is 18.8 Å². The molecule has 4 N–H and O–H groups in total. The minimum atomic E-state index is -1.65. The van der Waals surface area contributed by atoms with Crippen LogP contribution in [0.3, 0.4) is 0 Å². The van der Waals surface area contributed by atoms with E-state index in [9.17, 15) is 9.59 Å². The lowest BCUT2D eigenvalue weighted by atomic mass is 9.81. The van der Waals surface area contributed by atoms with Crippen molar-refractivity contribution in [2.75, 3.05) is 11.9 Å². The molecule has 0 saturated carbocycles. The number of carbonyl (C=O) groups excluding carboxylic acids is 2. The first kappa shape index (κ1) is 17.9. The Morgan fingerprint density at radius 2 is 2.00 bits per heavy atom. The molecule has 1 rings (SSSR count). The van der Waals surface area contributed by atoms with Crippen LogP contribution in [-0.4, -0.2) is 46.3 Å². The van der Waals surface area contributed by atoms with E-state index >= 15 is 0 Å². The van der Waals surface area contributed by atoms with Crippen LogP contribution >= 0.6 is 0 Å². The van der Waals surface area contributed by atoms with Crippen LogP contribution < -0.4 is 16.1 Å². The highest BCUT2D eigenvalue weighted by Gasteiger charge is 2.16. The molecule has 0 bridgehead atoms. The van der Waals surface area contributed by atoms with Crippen molar-refractivity contribution in [2.45, 2.75) is 32.8 Å². The molecule has 0 aliphatic heterocycles. The first-order valence-corrected chi connectivity index (χ1v) is 6.75. The molecule has 0 saturated heterocycles. The second-order valence-electron chi connectivity index (χ2n) is 5.61. The fraction of sp³-hybridized carbons (Fsp3) is 0.462. The zero-order valence-electron chi connectivity index (χ0n) is 12.8. The maximum Gasteiger partial charge on any atom is 0.490 e. The highest BCUT2D eigenvalue weighted by Crippen LogP contribution is 2.06. The van der Waals surface area contributed by atoms with Gasteiger partial charge in [-0.05, 0) is 26.8 Å². The number of ether oxygens (including phenoxy) is 1. The van der Waals surface area contributed by atoms with Crippen LogP contribution in [0.15, 0.2) is 18.5 Å². The highest BCUT2D eigenvalue weighted by molar-refractivity contribution is 6.58. The maximum absolute atomic E-state index is 11.7. The number of aromatic nitrogens is 1. The van der Waals surface area contributed by atoms with Crippen molar-refractivity contribution < 1.29 is 24.4 Å². The molecule has 9 heteroatoms. The van der Waals surface area contributed by atoms with Gasteiger partial charge in [0.05, 0.1) is 11.9 Å². The number of pyridine rings is 1. The van der Waals surface area contributed by atoms with Gasteiger partial charge in [-0.25, -0.2) is 4.79 Å². The highest BCUT2D eigenvalue weighted by atomic mass is 16.6. The van der Waals surface area contributed by atoms with Gasteiger partial charge in [0.1, 0.15) is 5.60 Å². The van der Waals surface area contributed by atoms with E-state index in [0.717, 1.165) is 0 Å². The number of hydrogen-bond donors (Lipinski definition) is 4. The summed E-state index contributed by atoms with van der Waals surface area (Å²) in [5.74, 6) is -0.345. The maximum atomic E-state index is 11.7. The number of rotatable bonds is 5. The Morgan fingerprint density at radius 1 is 1.32 bits per heavy atom. The van der Waals surface area contributed by atoms with E-state index in [1.54, 1.807) is 20.8 Å². The fourth-order valence-corrected chi connectivity index (χ4v) is 1.48. The quantitative estimate of drug-likeness (QED) is 0.550. The first-order chi connectivity index (χ1) is 10.2. The average Bonchev–Trinajstić information content (AvgIpc) is 2.36. The third-order valence-corrected chi connectivity index (χ3v) is 2.36. The summed E-state index contributed by atoms with van der Waals surface area (Å²) < 4.78 is 5.03. The van der Waals surface area contributed by atoms with Crippen molar-refractivity contribution in [2.24, 2.45) is 0 Å². The Labute approximate surface area is 129 Å². The third-order valence-electron chi connectivity index (χ3n) is 2.36. The summed E-state index contributed by atoms with van der Waals surface area (Å²) >= 11 is 0. The molecule has 0 radical (unpaired) electrons. The minimum absolute atomic E-state index is 0.0468. The number of hydrogen-bond acceptors (Lipinski definition) is 6. The zero-order chi connectivity index (χ0) is 16.8. The van der Waals surface area contributed by atoms with Gasteiger partial charge in [-0.1, -0.05) is 0 Å². The smallest absolute Gasteiger partial charge is 0.444 e. The Morgan fingerprint density at radius 3 is 2.59 bits per heavy atom. The predicted molar refractivity (Wildman–Crippen MR) is 81.5 cm³/mol. The molecule has 0 atom stereocenters. The molecule has 0 aliphatic carbocycles. The van der Waals surface area contributed by atoms with E-state index in [-0.39, 0.29) is 24.3 Å². The molecular formula is C13H20BN3O5. The Kier molecular flexibility index (Phi) is 6.32. The third kappa shape index (κ3) is 7.05. The van der Waals surface area contributed by atoms with Gasteiger partial charge in [0.15, 0.2) is 0 Å². The first-order valence-electron chi connectivity index (χ1n) is 6.75. The number of alkyl carbamates (subject to hydrolysis) is 1. The molecule has 0 fully saturated rings. The predicted octanol–water partition coefficient (Wildman–Crippen LogP) is -0.385. The number of nitrogens with zero attached hydrogens (tertiary/aromatic N) is 1. The summed E-state index contributed by atoms with van der Waals surface area (Å²) in [6, 6.07) is 1.40. The van der Waals surface area contributed by atoms with Crippen molar-refractivity contribution in [3.05, 3.63) is 18.5 Å². The van der Waals surface area contributed by atoms with Crippen molar-refractivity contribution in [1.29, 1.82) is 0 Å². The number of amides is 2. The number of carbonyl (C=O) groups is 2. The van der Waals surface area contributed by atoms with Crippen molar-refractivity contribution in [1.82, 2.24) is 10.3 Å². The van der Waals surface area contributed by atoms with E-state index in [1.165, 1.54) is 18.5 Å². The molecule has 0 aromatic carbocycles. The molecule has 120 valence electrons. The van der Waals surface area contributed by atoms with Gasteiger partial charge in [-0.15, -0.1) is 0 Å². The van der Waals surface area contributed by atoms with Crippen LogP contribution in [0, 0.1) is 0 Å². The Hall–Kier alpha value is -2.13. The van der Waals surface area contributed by atoms with Gasteiger partial charge in [-0.3, -0.25) is 9.78 Å². The van der Waals surface area contributed by atoms with Crippen molar-refractivity contribution in [3.8, 4) is 0 Å². The summed E-state index contributed by atoms with van der Waals surface area (Å²) in [6.45, 7) is 5.36. The van der Waals surface area contributed by atoms with E-state index in [4.69, 9.17) is 14.8 Å². The monoisotopic (exact) mass is 309 g/mol. The summed E-state index contributed by atoms with van der Waals surface area (Å²) in [5.41, 5.74) is -0.0821. The lowest BCUT2D eigenvalue weighted by Gasteiger charge is -2.19. The fourth-order valence-electron chi connectivity index (χ4n) is 1.48. The zero-order valence-corrected chi connectivity index (χ0v) is 12.8. The standard InChI is InChI=1S/C13H20BN3O5/c1-13(2,3)22-12(19)16-5-4-11(18)17-10-6-9(14(20)21)7-15-8-10/h6-8,20-21H,4-5H2,1-3H3,(H,16,19)(H,17,18). The molecule has 0 spiro atoms. The normalized spacial score (nSPS) is 10.8. The van der Waals surface area contributed by atoms with Crippen LogP contribution in [0.1, 0.15) is 27.2 Å². The molecule has 22 heavy (non-hydrogen) atoms. The van der Waals surface area contributed by atoms with Gasteiger partial charge < -0.3 is 25.4 Å². The molecule has 0 aliphatic rings. The summed E-state index contributed by atoms with van der Waals surface area (Å²) in [4.78, 5) is 26.9. The van der Waals surface area contributed by atoms with Gasteiger partial charge >= 0.3 is 13.2 Å². The molecule has 2 amide bonds. The van der Waals surface area contributed by atoms with Crippen molar-refractivity contribution >= 4 is 30.3 Å². The van der Waals surface area contributed by atoms with Crippen molar-refractivity contribution in [3.63, 3.8) is 0 Å². The second-order valence-corrected chi connectivity index (χ2v) is 5.61. The van der Waals surface area contributed by atoms with Gasteiger partial charge in [-0.2, -0.15) is 0 Å². The van der Waals surface area contributed by atoms with Crippen LogP contribution in [0.2, 0.25) is 0 Å². The van der Waals surface area contributed by atoms with Gasteiger partial charge in [0.2, 0.25) is 5.91 Å². The SMILES string of the molecule is CC(C)(C)OC(=O)NCCC(=O)Nc1cncc(B(O)O)c1. The lowest BCUT2D eigenvalue weighted by molar-refractivity contribution is -0.116. The average molecular weight is 309 g/mol. The number of nitrogens with one attached hydrogen (secondary N) is 2. The van der Waals surface area contributed by atoms with E-state index in [2.05, 4.69) is 15.6 Å². The second kappa shape index (κ2) is 7.76. The van der Waals surface area contributed by atoms with E-state index in [1.807, 2.05) is 0 Å². The molecule has 0 unspecified atom stereocenters. The number of anilines is 1. The van der Waals surface area contributed by atoms with Crippen LogP contribution in [0.25, 0.3) is 0 Å². The molecule has 8 nitrogen and oxygen atoms in total.